The van der Waals surface area contributed by atoms with Gasteiger partial charge in [-0.25, -0.2) is 9.97 Å². The molecule has 0 N–H and O–H groups in total. The molecule has 3 aromatic heterocycles. The van der Waals surface area contributed by atoms with Gasteiger partial charge in [0.2, 0.25) is 5.88 Å². The third kappa shape index (κ3) is 4.13. The molecular formula is C26H21N3O4. The van der Waals surface area contributed by atoms with E-state index < -0.39 is 0 Å². The highest BCUT2D eigenvalue weighted by Gasteiger charge is 2.20. The van der Waals surface area contributed by atoms with Gasteiger partial charge in [-0.2, -0.15) is 0 Å². The summed E-state index contributed by atoms with van der Waals surface area (Å²) >= 11 is 0. The number of benzene rings is 2. The molecule has 5 rings (SSSR count). The molecule has 3 heterocycles. The van der Waals surface area contributed by atoms with Crippen molar-refractivity contribution in [3.63, 3.8) is 0 Å². The molecule has 7 nitrogen and oxygen atoms in total. The fraction of sp³-hybridized carbons (Fsp3) is 0.154. The molecule has 0 saturated heterocycles. The third-order valence-electron chi connectivity index (χ3n) is 5.22. The van der Waals surface area contributed by atoms with Crippen LogP contribution < -0.4 is 4.74 Å². The van der Waals surface area contributed by atoms with Crippen LogP contribution in [0.15, 0.2) is 75.9 Å². The maximum atomic E-state index is 11.0. The minimum atomic E-state index is -0.128. The van der Waals surface area contributed by atoms with E-state index in [-0.39, 0.29) is 11.2 Å². The Kier molecular flexibility index (Phi) is 5.01. The summed E-state index contributed by atoms with van der Waals surface area (Å²) in [7, 11) is 0. The van der Waals surface area contributed by atoms with Crippen LogP contribution in [-0.4, -0.2) is 21.4 Å². The lowest BCUT2D eigenvalue weighted by Crippen LogP contribution is -2.09. The molecule has 33 heavy (non-hydrogen) atoms. The second kappa shape index (κ2) is 8.02. The first-order chi connectivity index (χ1) is 15.9. The van der Waals surface area contributed by atoms with Gasteiger partial charge in [0, 0.05) is 22.6 Å². The maximum Gasteiger partial charge on any atom is 0.230 e. The Balaban J connectivity index is 1.49. The van der Waals surface area contributed by atoms with Crippen molar-refractivity contribution < 1.29 is 18.5 Å². The molecule has 0 aliphatic heterocycles. The molecule has 0 atom stereocenters. The maximum absolute atomic E-state index is 11.0. The van der Waals surface area contributed by atoms with Crippen LogP contribution in [0.2, 0.25) is 0 Å². The number of aromatic nitrogens is 3. The van der Waals surface area contributed by atoms with Crippen molar-refractivity contribution in [1.29, 1.82) is 0 Å². The van der Waals surface area contributed by atoms with Crippen LogP contribution in [0, 0.1) is 0 Å². The Hall–Kier alpha value is -4.26. The normalized spacial score (nSPS) is 11.6. The van der Waals surface area contributed by atoms with Gasteiger partial charge in [-0.05, 0) is 42.5 Å². The van der Waals surface area contributed by atoms with Crippen molar-refractivity contribution in [2.45, 2.75) is 26.2 Å². The molecule has 0 spiro atoms. The largest absolute Gasteiger partial charge is 0.453 e. The highest BCUT2D eigenvalue weighted by Crippen LogP contribution is 2.33. The lowest BCUT2D eigenvalue weighted by molar-refractivity contribution is 0.110. The van der Waals surface area contributed by atoms with Gasteiger partial charge >= 0.3 is 0 Å². The first kappa shape index (κ1) is 20.6. The number of ether oxygens (including phenoxy) is 1. The minimum absolute atomic E-state index is 0.128. The van der Waals surface area contributed by atoms with E-state index >= 15 is 0 Å². The quantitative estimate of drug-likeness (QED) is 0.291. The average Bonchev–Trinajstić information content (AvgIpc) is 3.49. The van der Waals surface area contributed by atoms with Crippen LogP contribution >= 0.6 is 0 Å². The van der Waals surface area contributed by atoms with E-state index in [4.69, 9.17) is 13.7 Å². The van der Waals surface area contributed by atoms with Crippen LogP contribution in [0.1, 0.15) is 37.1 Å². The lowest BCUT2D eigenvalue weighted by atomic mass is 9.93. The molecule has 0 aliphatic rings. The van der Waals surface area contributed by atoms with Gasteiger partial charge in [0.1, 0.15) is 29.3 Å². The molecule has 0 amide bonds. The number of aldehydes is 1. The van der Waals surface area contributed by atoms with Crippen molar-refractivity contribution in [1.82, 2.24) is 15.1 Å². The molecular weight excluding hydrogens is 418 g/mol. The van der Waals surface area contributed by atoms with E-state index in [1.54, 1.807) is 12.1 Å². The number of fused-ring (bicyclic) bond motifs is 1. The van der Waals surface area contributed by atoms with Gasteiger partial charge in [0.05, 0.1) is 10.9 Å². The highest BCUT2D eigenvalue weighted by molar-refractivity contribution is 5.88. The standard InChI is InChI=1S/C26H21N3O4/c1-26(2,3)24-13-22(29-33-24)16-5-4-6-18(11-16)32-25-20-12-17(7-9-21(20)27-15-28-25)23-10-8-19(14-30)31-23/h4-15H,1-3H3. The fourth-order valence-corrected chi connectivity index (χ4v) is 3.43. The van der Waals surface area contributed by atoms with E-state index in [2.05, 4.69) is 35.9 Å². The summed E-state index contributed by atoms with van der Waals surface area (Å²) in [5, 5.41) is 4.94. The van der Waals surface area contributed by atoms with Crippen LogP contribution in [0.3, 0.4) is 0 Å². The summed E-state index contributed by atoms with van der Waals surface area (Å²) in [6.45, 7) is 6.23. The number of hydrogen-bond donors (Lipinski definition) is 0. The predicted octanol–water partition coefficient (Wildman–Crippen LogP) is 6.45. The van der Waals surface area contributed by atoms with Crippen LogP contribution in [0.5, 0.6) is 11.6 Å². The molecule has 0 fully saturated rings. The van der Waals surface area contributed by atoms with Crippen molar-refractivity contribution in [3.8, 4) is 34.2 Å². The number of carbonyl (C=O) groups excluding carboxylic acids is 1. The Morgan fingerprint density at radius 2 is 1.82 bits per heavy atom. The van der Waals surface area contributed by atoms with E-state index in [0.717, 1.165) is 33.5 Å². The Morgan fingerprint density at radius 3 is 2.58 bits per heavy atom. The molecule has 2 aromatic carbocycles. The SMILES string of the molecule is CC(C)(C)c1cc(-c2cccc(Oc3ncnc4ccc(-c5ccc(C=O)o5)cc34)c2)no1. The third-order valence-corrected chi connectivity index (χ3v) is 5.22. The summed E-state index contributed by atoms with van der Waals surface area (Å²) in [4.78, 5) is 19.6. The summed E-state index contributed by atoms with van der Waals surface area (Å²) in [6, 6.07) is 18.6. The monoisotopic (exact) mass is 439 g/mol. The lowest BCUT2D eigenvalue weighted by Gasteiger charge is -2.12. The van der Waals surface area contributed by atoms with Gasteiger partial charge < -0.3 is 13.7 Å². The minimum Gasteiger partial charge on any atom is -0.453 e. The molecule has 0 radical (unpaired) electrons. The van der Waals surface area contributed by atoms with Crippen molar-refractivity contribution in [3.05, 3.63) is 78.5 Å². The zero-order valence-corrected chi connectivity index (χ0v) is 18.4. The average molecular weight is 439 g/mol. The number of nitrogens with zero attached hydrogens (tertiary/aromatic N) is 3. The fourth-order valence-electron chi connectivity index (χ4n) is 3.43. The second-order valence-corrected chi connectivity index (χ2v) is 8.69. The van der Waals surface area contributed by atoms with Crippen molar-refractivity contribution in [2.24, 2.45) is 0 Å². The van der Waals surface area contributed by atoms with E-state index in [1.807, 2.05) is 48.5 Å². The first-order valence-corrected chi connectivity index (χ1v) is 10.5. The summed E-state index contributed by atoms with van der Waals surface area (Å²) in [5.74, 6) is 2.69. The van der Waals surface area contributed by atoms with Crippen LogP contribution in [0.25, 0.3) is 33.5 Å². The zero-order chi connectivity index (χ0) is 23.0. The van der Waals surface area contributed by atoms with E-state index in [9.17, 15) is 4.79 Å². The molecule has 0 unspecified atom stereocenters. The molecule has 164 valence electrons. The molecule has 0 bridgehead atoms. The number of carbonyl (C=O) groups is 1. The summed E-state index contributed by atoms with van der Waals surface area (Å²) in [6.07, 6.45) is 2.14. The molecule has 5 aromatic rings. The highest BCUT2D eigenvalue weighted by atomic mass is 16.5. The van der Waals surface area contributed by atoms with Gasteiger partial charge in [-0.1, -0.05) is 38.1 Å². The molecule has 0 aliphatic carbocycles. The van der Waals surface area contributed by atoms with Crippen LogP contribution in [0.4, 0.5) is 0 Å². The van der Waals surface area contributed by atoms with Crippen molar-refractivity contribution in [2.75, 3.05) is 0 Å². The van der Waals surface area contributed by atoms with Gasteiger partial charge in [0.15, 0.2) is 12.0 Å². The predicted molar refractivity (Wildman–Crippen MR) is 123 cm³/mol. The summed E-state index contributed by atoms with van der Waals surface area (Å²) < 4.78 is 17.2. The van der Waals surface area contributed by atoms with Crippen LogP contribution in [-0.2, 0) is 5.41 Å². The Labute approximate surface area is 190 Å². The zero-order valence-electron chi connectivity index (χ0n) is 18.4. The van der Waals surface area contributed by atoms with Crippen molar-refractivity contribution >= 4 is 17.2 Å². The molecule has 7 heteroatoms. The first-order valence-electron chi connectivity index (χ1n) is 10.5. The van der Waals surface area contributed by atoms with Gasteiger partial charge in [-0.3, -0.25) is 4.79 Å². The smallest absolute Gasteiger partial charge is 0.230 e. The molecule has 0 saturated carbocycles. The topological polar surface area (TPSA) is 91.2 Å². The van der Waals surface area contributed by atoms with E-state index in [1.165, 1.54) is 6.33 Å². The Bertz CT molecular complexity index is 1460. The van der Waals surface area contributed by atoms with Gasteiger partial charge in [0.25, 0.3) is 0 Å². The number of hydrogen-bond acceptors (Lipinski definition) is 7. The second-order valence-electron chi connectivity index (χ2n) is 8.69. The Morgan fingerprint density at radius 1 is 0.939 bits per heavy atom. The van der Waals surface area contributed by atoms with Gasteiger partial charge in [-0.15, -0.1) is 0 Å². The summed E-state index contributed by atoms with van der Waals surface area (Å²) in [5.41, 5.74) is 3.01. The number of furan rings is 1. The number of rotatable bonds is 5. The van der Waals surface area contributed by atoms with E-state index in [0.29, 0.717) is 23.7 Å².